The van der Waals surface area contributed by atoms with Gasteiger partial charge in [-0.2, -0.15) is 0 Å². The summed E-state index contributed by atoms with van der Waals surface area (Å²) in [6.07, 6.45) is 8.41. The van der Waals surface area contributed by atoms with Crippen molar-refractivity contribution in [2.24, 2.45) is 0 Å². The Kier molecular flexibility index (Phi) is 3.68. The van der Waals surface area contributed by atoms with Crippen molar-refractivity contribution in [1.82, 2.24) is 10.2 Å². The zero-order chi connectivity index (χ0) is 10.7. The van der Waals surface area contributed by atoms with Crippen molar-refractivity contribution < 1.29 is 0 Å². The summed E-state index contributed by atoms with van der Waals surface area (Å²) in [6.45, 7) is 8.35. The van der Waals surface area contributed by atoms with Gasteiger partial charge in [-0.25, -0.2) is 0 Å². The Labute approximate surface area is 94.4 Å². The van der Waals surface area contributed by atoms with Gasteiger partial charge < -0.3 is 5.32 Å². The van der Waals surface area contributed by atoms with E-state index in [9.17, 15) is 0 Å². The summed E-state index contributed by atoms with van der Waals surface area (Å²) in [4.78, 5) is 2.70. The molecule has 1 aliphatic heterocycles. The first-order valence-corrected chi connectivity index (χ1v) is 6.79. The average Bonchev–Trinajstić information content (AvgIpc) is 2.30. The molecule has 1 saturated carbocycles. The maximum atomic E-state index is 3.86. The van der Waals surface area contributed by atoms with Crippen molar-refractivity contribution in [3.63, 3.8) is 0 Å². The summed E-state index contributed by atoms with van der Waals surface area (Å²) >= 11 is 0. The molecule has 2 heteroatoms. The fourth-order valence-electron chi connectivity index (χ4n) is 3.37. The van der Waals surface area contributed by atoms with Gasteiger partial charge in [0, 0.05) is 24.7 Å². The maximum Gasteiger partial charge on any atom is 0.0309 e. The van der Waals surface area contributed by atoms with Gasteiger partial charge in [0.1, 0.15) is 0 Å². The molecule has 1 atom stereocenters. The van der Waals surface area contributed by atoms with Crippen LogP contribution in [0.25, 0.3) is 0 Å². The fourth-order valence-corrected chi connectivity index (χ4v) is 3.37. The molecule has 0 bridgehead atoms. The molecular weight excluding hydrogens is 184 g/mol. The predicted octanol–water partition coefficient (Wildman–Crippen LogP) is 2.39. The molecule has 1 N–H and O–H groups in total. The Morgan fingerprint density at radius 2 is 1.93 bits per heavy atom. The largest absolute Gasteiger partial charge is 0.308 e. The highest BCUT2D eigenvalue weighted by Gasteiger charge is 2.38. The van der Waals surface area contributed by atoms with Gasteiger partial charge in [-0.1, -0.05) is 33.1 Å². The standard InChI is InChI=1S/C13H26N2/c1-3-12-10-14-13(11-15(12)4-2)8-6-5-7-9-13/h12,14H,3-11H2,1-2H3. The molecule has 2 rings (SSSR count). The summed E-state index contributed by atoms with van der Waals surface area (Å²) in [5.41, 5.74) is 0.486. The van der Waals surface area contributed by atoms with Crippen LogP contribution >= 0.6 is 0 Å². The SMILES string of the molecule is CCC1CNC2(CCCCC2)CN1CC. The van der Waals surface area contributed by atoms with E-state index in [1.807, 2.05) is 0 Å². The first-order chi connectivity index (χ1) is 7.29. The monoisotopic (exact) mass is 210 g/mol. The minimum absolute atomic E-state index is 0.486. The number of piperazine rings is 1. The lowest BCUT2D eigenvalue weighted by Crippen LogP contribution is -2.64. The van der Waals surface area contributed by atoms with E-state index in [1.165, 1.54) is 58.2 Å². The lowest BCUT2D eigenvalue weighted by atomic mass is 9.79. The zero-order valence-electron chi connectivity index (χ0n) is 10.4. The number of hydrogen-bond acceptors (Lipinski definition) is 2. The molecule has 2 fully saturated rings. The van der Waals surface area contributed by atoms with Gasteiger partial charge in [0.05, 0.1) is 0 Å². The molecule has 0 radical (unpaired) electrons. The number of nitrogens with one attached hydrogen (secondary N) is 1. The van der Waals surface area contributed by atoms with Crippen molar-refractivity contribution in [3.05, 3.63) is 0 Å². The van der Waals surface area contributed by atoms with E-state index in [2.05, 4.69) is 24.1 Å². The molecule has 1 unspecified atom stereocenters. The minimum Gasteiger partial charge on any atom is -0.308 e. The van der Waals surface area contributed by atoms with Crippen LogP contribution in [0.1, 0.15) is 52.4 Å². The third-order valence-electron chi connectivity index (χ3n) is 4.42. The molecule has 0 aromatic rings. The van der Waals surface area contributed by atoms with Crippen molar-refractivity contribution in [2.75, 3.05) is 19.6 Å². The second-order valence-electron chi connectivity index (χ2n) is 5.35. The molecular formula is C13H26N2. The van der Waals surface area contributed by atoms with Gasteiger partial charge in [-0.15, -0.1) is 0 Å². The summed E-state index contributed by atoms with van der Waals surface area (Å²) in [5.74, 6) is 0. The number of nitrogens with zero attached hydrogens (tertiary/aromatic N) is 1. The van der Waals surface area contributed by atoms with Crippen LogP contribution in [0.3, 0.4) is 0 Å². The molecule has 88 valence electrons. The highest BCUT2D eigenvalue weighted by molar-refractivity contribution is 4.99. The van der Waals surface area contributed by atoms with Gasteiger partial charge in [-0.05, 0) is 25.8 Å². The number of likely N-dealkylation sites (N-methyl/N-ethyl adjacent to an activating group) is 1. The van der Waals surface area contributed by atoms with Crippen LogP contribution in [-0.2, 0) is 0 Å². The first-order valence-electron chi connectivity index (χ1n) is 6.79. The molecule has 2 nitrogen and oxygen atoms in total. The van der Waals surface area contributed by atoms with Gasteiger partial charge in [-0.3, -0.25) is 4.90 Å². The summed E-state index contributed by atoms with van der Waals surface area (Å²) in [5, 5.41) is 3.86. The van der Waals surface area contributed by atoms with Gasteiger partial charge in [0.2, 0.25) is 0 Å². The Morgan fingerprint density at radius 1 is 1.20 bits per heavy atom. The van der Waals surface area contributed by atoms with Crippen LogP contribution in [-0.4, -0.2) is 36.1 Å². The fraction of sp³-hybridized carbons (Fsp3) is 1.00. The second kappa shape index (κ2) is 4.84. The Bertz CT molecular complexity index is 197. The maximum absolute atomic E-state index is 3.86. The molecule has 15 heavy (non-hydrogen) atoms. The second-order valence-corrected chi connectivity index (χ2v) is 5.35. The number of hydrogen-bond donors (Lipinski definition) is 1. The lowest BCUT2D eigenvalue weighted by molar-refractivity contribution is 0.0582. The first kappa shape index (κ1) is 11.4. The summed E-state index contributed by atoms with van der Waals surface area (Å²) in [7, 11) is 0. The van der Waals surface area contributed by atoms with Crippen molar-refractivity contribution in [2.45, 2.75) is 64.0 Å². The van der Waals surface area contributed by atoms with Crippen LogP contribution in [0.5, 0.6) is 0 Å². The highest BCUT2D eigenvalue weighted by Crippen LogP contribution is 2.32. The van der Waals surface area contributed by atoms with E-state index in [0.29, 0.717) is 5.54 Å². The van der Waals surface area contributed by atoms with E-state index in [-0.39, 0.29) is 0 Å². The van der Waals surface area contributed by atoms with Gasteiger partial charge in [0.15, 0.2) is 0 Å². The Morgan fingerprint density at radius 3 is 2.53 bits per heavy atom. The van der Waals surface area contributed by atoms with E-state index in [4.69, 9.17) is 0 Å². The molecule has 0 amide bonds. The highest BCUT2D eigenvalue weighted by atomic mass is 15.2. The van der Waals surface area contributed by atoms with Gasteiger partial charge >= 0.3 is 0 Å². The molecule has 0 aromatic carbocycles. The molecule has 1 aliphatic carbocycles. The van der Waals surface area contributed by atoms with Crippen LogP contribution in [0.4, 0.5) is 0 Å². The molecule has 0 aromatic heterocycles. The van der Waals surface area contributed by atoms with Crippen LogP contribution in [0.15, 0.2) is 0 Å². The Balaban J connectivity index is 1.99. The van der Waals surface area contributed by atoms with Gasteiger partial charge in [0.25, 0.3) is 0 Å². The van der Waals surface area contributed by atoms with E-state index >= 15 is 0 Å². The third-order valence-corrected chi connectivity index (χ3v) is 4.42. The quantitative estimate of drug-likeness (QED) is 0.753. The molecule has 1 spiro atoms. The lowest BCUT2D eigenvalue weighted by Gasteiger charge is -2.49. The predicted molar refractivity (Wildman–Crippen MR) is 65.1 cm³/mol. The van der Waals surface area contributed by atoms with Crippen LogP contribution < -0.4 is 5.32 Å². The average molecular weight is 210 g/mol. The molecule has 2 aliphatic rings. The topological polar surface area (TPSA) is 15.3 Å². The van der Waals surface area contributed by atoms with E-state index in [1.54, 1.807) is 0 Å². The van der Waals surface area contributed by atoms with E-state index < -0.39 is 0 Å². The van der Waals surface area contributed by atoms with Crippen LogP contribution in [0, 0.1) is 0 Å². The van der Waals surface area contributed by atoms with Crippen molar-refractivity contribution >= 4 is 0 Å². The minimum atomic E-state index is 0.486. The molecule has 1 saturated heterocycles. The zero-order valence-corrected chi connectivity index (χ0v) is 10.4. The van der Waals surface area contributed by atoms with Crippen molar-refractivity contribution in [3.8, 4) is 0 Å². The third kappa shape index (κ3) is 2.36. The summed E-state index contributed by atoms with van der Waals surface area (Å²) < 4.78 is 0. The van der Waals surface area contributed by atoms with Crippen LogP contribution in [0.2, 0.25) is 0 Å². The Hall–Kier alpha value is -0.0800. The van der Waals surface area contributed by atoms with E-state index in [0.717, 1.165) is 6.04 Å². The number of rotatable bonds is 2. The normalized spacial score (nSPS) is 32.0. The van der Waals surface area contributed by atoms with Crippen molar-refractivity contribution in [1.29, 1.82) is 0 Å². The summed E-state index contributed by atoms with van der Waals surface area (Å²) in [6, 6.07) is 0.780. The smallest absolute Gasteiger partial charge is 0.0309 e. The molecule has 1 heterocycles.